The Morgan fingerprint density at radius 3 is 2.75 bits per heavy atom. The van der Waals surface area contributed by atoms with Gasteiger partial charge in [-0.05, 0) is 35.2 Å². The molecule has 4 nitrogen and oxygen atoms in total. The molecule has 1 N–H and O–H groups in total. The third-order valence-electron chi connectivity index (χ3n) is 5.84. The Kier molecular flexibility index (Phi) is 3.05. The summed E-state index contributed by atoms with van der Waals surface area (Å²) >= 11 is 3.65. The molecule has 0 spiro atoms. The van der Waals surface area contributed by atoms with Crippen LogP contribution in [0, 0.1) is 23.7 Å². The second-order valence-corrected chi connectivity index (χ2v) is 8.07. The Balaban J connectivity index is 1.43. The molecule has 5 rings (SSSR count). The second kappa shape index (κ2) is 5.06. The van der Waals surface area contributed by atoms with Crippen molar-refractivity contribution in [3.8, 4) is 0 Å². The van der Waals surface area contributed by atoms with Gasteiger partial charge in [0.25, 0.3) is 0 Å². The molecule has 1 amide bonds. The van der Waals surface area contributed by atoms with E-state index < -0.39 is 0 Å². The van der Waals surface area contributed by atoms with E-state index in [0.717, 1.165) is 22.9 Å². The Hall–Kier alpha value is -1.88. The Labute approximate surface area is 147 Å². The molecule has 1 aliphatic heterocycles. The van der Waals surface area contributed by atoms with Crippen molar-refractivity contribution < 1.29 is 14.3 Å². The van der Waals surface area contributed by atoms with Gasteiger partial charge in [0, 0.05) is 11.6 Å². The molecule has 0 radical (unpaired) electrons. The molecule has 1 saturated heterocycles. The van der Waals surface area contributed by atoms with Gasteiger partial charge in [-0.25, -0.2) is 0 Å². The van der Waals surface area contributed by atoms with E-state index in [2.05, 4.69) is 21.2 Å². The maximum atomic E-state index is 12.9. The highest BCUT2D eigenvalue weighted by atomic mass is 79.9. The average molecular weight is 386 g/mol. The molecule has 0 aromatic heterocycles. The van der Waals surface area contributed by atoms with Crippen LogP contribution >= 0.6 is 15.9 Å². The molecule has 2 bridgehead atoms. The van der Waals surface area contributed by atoms with Gasteiger partial charge in [-0.15, -0.1) is 0 Å². The summed E-state index contributed by atoms with van der Waals surface area (Å²) in [5.74, 6) is -0.458. The fourth-order valence-corrected chi connectivity index (χ4v) is 5.87. The highest BCUT2D eigenvalue weighted by molar-refractivity contribution is 9.09. The number of benzene rings is 2. The van der Waals surface area contributed by atoms with Crippen LogP contribution in [0.5, 0.6) is 0 Å². The van der Waals surface area contributed by atoms with Crippen LogP contribution in [-0.4, -0.2) is 22.8 Å². The lowest BCUT2D eigenvalue weighted by atomic mass is 9.79. The summed E-state index contributed by atoms with van der Waals surface area (Å²) in [4.78, 5) is 25.1. The van der Waals surface area contributed by atoms with Gasteiger partial charge in [-0.3, -0.25) is 9.59 Å². The van der Waals surface area contributed by atoms with Crippen molar-refractivity contribution in [2.24, 2.45) is 23.7 Å². The van der Waals surface area contributed by atoms with Crippen LogP contribution in [0.4, 0.5) is 5.69 Å². The normalized spacial score (nSPS) is 36.1. The Morgan fingerprint density at radius 1 is 1.12 bits per heavy atom. The summed E-state index contributed by atoms with van der Waals surface area (Å²) in [6.45, 7) is 0. The highest BCUT2D eigenvalue weighted by Gasteiger charge is 2.67. The lowest BCUT2D eigenvalue weighted by Gasteiger charge is -2.27. The van der Waals surface area contributed by atoms with Crippen LogP contribution in [0.1, 0.15) is 6.42 Å². The first-order valence-electron chi connectivity index (χ1n) is 8.28. The maximum Gasteiger partial charge on any atom is 0.310 e. The van der Waals surface area contributed by atoms with Gasteiger partial charge >= 0.3 is 5.97 Å². The number of hydrogen-bond acceptors (Lipinski definition) is 3. The maximum absolute atomic E-state index is 12.9. The van der Waals surface area contributed by atoms with Crippen molar-refractivity contribution in [2.45, 2.75) is 17.4 Å². The number of nitrogens with one attached hydrogen (secondary N) is 1. The monoisotopic (exact) mass is 385 g/mol. The molecular formula is C19H16BrNO3. The van der Waals surface area contributed by atoms with Crippen LogP contribution in [-0.2, 0) is 14.3 Å². The smallest absolute Gasteiger partial charge is 0.310 e. The van der Waals surface area contributed by atoms with E-state index >= 15 is 0 Å². The predicted molar refractivity (Wildman–Crippen MR) is 93.7 cm³/mol. The third kappa shape index (κ3) is 1.91. The van der Waals surface area contributed by atoms with E-state index in [9.17, 15) is 9.59 Å². The first-order chi connectivity index (χ1) is 11.6. The molecule has 0 unspecified atom stereocenters. The topological polar surface area (TPSA) is 55.4 Å². The number of fused-ring (bicyclic) bond motifs is 2. The largest absolute Gasteiger partial charge is 0.461 e. The zero-order valence-corrected chi connectivity index (χ0v) is 14.4. The Morgan fingerprint density at radius 2 is 1.92 bits per heavy atom. The van der Waals surface area contributed by atoms with Gasteiger partial charge in [-0.1, -0.05) is 46.3 Å². The van der Waals surface area contributed by atoms with E-state index in [1.807, 2.05) is 42.5 Å². The molecule has 1 heterocycles. The highest BCUT2D eigenvalue weighted by Crippen LogP contribution is 2.60. The van der Waals surface area contributed by atoms with Crippen molar-refractivity contribution in [2.75, 3.05) is 5.32 Å². The minimum Gasteiger partial charge on any atom is -0.461 e. The average Bonchev–Trinajstić information content (AvgIpc) is 3.19. The lowest BCUT2D eigenvalue weighted by molar-refractivity contribution is -0.145. The third-order valence-corrected chi connectivity index (χ3v) is 7.04. The van der Waals surface area contributed by atoms with Crippen LogP contribution < -0.4 is 5.32 Å². The first kappa shape index (κ1) is 14.5. The number of rotatable bonds is 2. The fraction of sp³-hybridized carbons (Fsp3) is 0.368. The minimum atomic E-state index is -0.294. The summed E-state index contributed by atoms with van der Waals surface area (Å²) < 4.78 is 5.47. The van der Waals surface area contributed by atoms with Gasteiger partial charge in [-0.2, -0.15) is 0 Å². The number of halogens is 1. The molecule has 2 saturated carbocycles. The molecular weight excluding hydrogens is 370 g/mol. The van der Waals surface area contributed by atoms with Crippen molar-refractivity contribution in [1.29, 1.82) is 0 Å². The number of amides is 1. The number of hydrogen-bond donors (Lipinski definition) is 1. The first-order valence-corrected chi connectivity index (χ1v) is 9.19. The number of anilines is 1. The van der Waals surface area contributed by atoms with Gasteiger partial charge in [0.05, 0.1) is 16.7 Å². The summed E-state index contributed by atoms with van der Waals surface area (Å²) in [6, 6.07) is 13.9. The fourth-order valence-electron chi connectivity index (χ4n) is 4.82. The molecule has 6 atom stereocenters. The molecule has 2 aliphatic carbocycles. The quantitative estimate of drug-likeness (QED) is 0.636. The number of alkyl halides is 1. The number of carbonyl (C=O) groups excluding carboxylic acids is 2. The zero-order valence-electron chi connectivity index (χ0n) is 12.8. The minimum absolute atomic E-state index is 0.0442. The van der Waals surface area contributed by atoms with Crippen LogP contribution in [0.2, 0.25) is 0 Å². The van der Waals surface area contributed by atoms with Crippen LogP contribution in [0.25, 0.3) is 10.8 Å². The van der Waals surface area contributed by atoms with Gasteiger partial charge in [0.1, 0.15) is 6.10 Å². The van der Waals surface area contributed by atoms with Gasteiger partial charge < -0.3 is 10.1 Å². The van der Waals surface area contributed by atoms with E-state index in [4.69, 9.17) is 4.74 Å². The Bertz CT molecular complexity index is 867. The summed E-state index contributed by atoms with van der Waals surface area (Å²) in [5.41, 5.74) is 0.774. The standard InChI is InChI=1S/C19H16BrNO3/c20-16-12-8-13-15(19(23)24-17(13)16)14(12)18(22)21-11-6-5-9-3-1-2-4-10(9)7-11/h1-7,12-17H,8H2,(H,21,22)/t12-,13-,14-,15+,16+,17+/m1/s1. The zero-order chi connectivity index (χ0) is 16.4. The van der Waals surface area contributed by atoms with Crippen LogP contribution in [0.15, 0.2) is 42.5 Å². The molecule has 2 aromatic rings. The molecule has 3 aliphatic rings. The van der Waals surface area contributed by atoms with E-state index in [1.165, 1.54) is 0 Å². The van der Waals surface area contributed by atoms with Crippen molar-refractivity contribution in [3.63, 3.8) is 0 Å². The van der Waals surface area contributed by atoms with Crippen molar-refractivity contribution in [1.82, 2.24) is 0 Å². The molecule has 5 heteroatoms. The second-order valence-electron chi connectivity index (χ2n) is 7.01. The van der Waals surface area contributed by atoms with E-state index in [0.29, 0.717) is 0 Å². The van der Waals surface area contributed by atoms with E-state index in [-0.39, 0.29) is 46.5 Å². The van der Waals surface area contributed by atoms with Crippen molar-refractivity contribution >= 4 is 44.3 Å². The number of ether oxygens (including phenoxy) is 1. The van der Waals surface area contributed by atoms with Gasteiger partial charge in [0.15, 0.2) is 0 Å². The number of carbonyl (C=O) groups is 2. The van der Waals surface area contributed by atoms with Crippen LogP contribution in [0.3, 0.4) is 0 Å². The molecule has 122 valence electrons. The molecule has 2 aromatic carbocycles. The predicted octanol–water partition coefficient (Wildman–Crippen LogP) is 3.35. The summed E-state index contributed by atoms with van der Waals surface area (Å²) in [5, 5.41) is 5.24. The summed E-state index contributed by atoms with van der Waals surface area (Å²) in [7, 11) is 0. The molecule has 24 heavy (non-hydrogen) atoms. The summed E-state index contributed by atoms with van der Waals surface area (Å²) in [6.07, 6.45) is 0.851. The van der Waals surface area contributed by atoms with Crippen molar-refractivity contribution in [3.05, 3.63) is 42.5 Å². The SMILES string of the molecule is O=C(Nc1ccc2ccccc2c1)[C@@H]1[C@H]2C[C@H]3[C@H](OC(=O)[C@@H]31)[C@H]2Br. The molecule has 3 fully saturated rings. The van der Waals surface area contributed by atoms with E-state index in [1.54, 1.807) is 0 Å². The number of esters is 1. The lowest BCUT2D eigenvalue weighted by Crippen LogP contribution is -2.40. The van der Waals surface area contributed by atoms with Gasteiger partial charge in [0.2, 0.25) is 5.91 Å².